The van der Waals surface area contributed by atoms with E-state index in [9.17, 15) is 5.11 Å². The lowest BCUT2D eigenvalue weighted by Gasteiger charge is -2.33. The topological polar surface area (TPSA) is 38.7 Å². The minimum absolute atomic E-state index is 0.111. The lowest BCUT2D eigenvalue weighted by molar-refractivity contribution is -0.154. The molecule has 0 bridgehead atoms. The molecular weight excluding hydrogens is 240 g/mol. The van der Waals surface area contributed by atoms with Gasteiger partial charge in [-0.1, -0.05) is 58.8 Å². The normalized spacial score (nSPS) is 16.3. The highest BCUT2D eigenvalue weighted by Crippen LogP contribution is 2.25. The molecule has 0 aromatic rings. The van der Waals surface area contributed by atoms with Crippen LogP contribution in [0.5, 0.6) is 0 Å². The highest BCUT2D eigenvalue weighted by Gasteiger charge is 2.31. The highest BCUT2D eigenvalue weighted by atomic mass is 16.7. The largest absolute Gasteiger partial charge is 0.387 e. The number of ether oxygens (including phenoxy) is 2. The summed E-state index contributed by atoms with van der Waals surface area (Å²) in [5, 5.41) is 10.6. The fourth-order valence-corrected chi connectivity index (χ4v) is 2.35. The zero-order valence-corrected chi connectivity index (χ0v) is 13.4. The number of methoxy groups -OCH3 is 1. The van der Waals surface area contributed by atoms with Crippen molar-refractivity contribution < 1.29 is 14.6 Å². The van der Waals surface area contributed by atoms with Crippen molar-refractivity contribution in [1.82, 2.24) is 0 Å². The van der Waals surface area contributed by atoms with Crippen LogP contribution in [-0.2, 0) is 9.47 Å². The van der Waals surface area contributed by atoms with Crippen molar-refractivity contribution in [2.24, 2.45) is 0 Å². The average Bonchev–Trinajstić information content (AvgIpc) is 2.39. The molecule has 0 aliphatic heterocycles. The van der Waals surface area contributed by atoms with Gasteiger partial charge < -0.3 is 14.6 Å². The summed E-state index contributed by atoms with van der Waals surface area (Å²) in [5.41, 5.74) is -0.737. The zero-order chi connectivity index (χ0) is 14.6. The molecule has 19 heavy (non-hydrogen) atoms. The van der Waals surface area contributed by atoms with Crippen molar-refractivity contribution in [3.63, 3.8) is 0 Å². The Kier molecular flexibility index (Phi) is 11.6. The summed E-state index contributed by atoms with van der Waals surface area (Å²) >= 11 is 0. The first-order valence-corrected chi connectivity index (χ1v) is 7.91. The Balaban J connectivity index is 4.12. The molecule has 0 heterocycles. The second kappa shape index (κ2) is 11.7. The standard InChI is InChI=1S/C16H34O3/c1-5-7-9-10-11-12-15(19-14-18-4)16(3,17)13-8-6-2/h15,17H,5-14H2,1-4H3/t15-,16+/m1/s1. The third-order valence-corrected chi connectivity index (χ3v) is 3.69. The predicted octanol–water partition coefficient (Wildman–Crippen LogP) is 4.28. The zero-order valence-electron chi connectivity index (χ0n) is 13.4. The number of rotatable bonds is 13. The summed E-state index contributed by atoms with van der Waals surface area (Å²) in [6.07, 6.45) is 9.94. The molecule has 0 unspecified atom stereocenters. The third-order valence-electron chi connectivity index (χ3n) is 3.69. The number of aliphatic hydroxyl groups is 1. The van der Waals surface area contributed by atoms with Crippen LogP contribution < -0.4 is 0 Å². The molecule has 0 aliphatic rings. The van der Waals surface area contributed by atoms with Crippen molar-refractivity contribution in [3.8, 4) is 0 Å². The molecule has 0 fully saturated rings. The Bertz CT molecular complexity index is 192. The molecule has 0 spiro atoms. The highest BCUT2D eigenvalue weighted by molar-refractivity contribution is 4.82. The molecule has 2 atom stereocenters. The minimum atomic E-state index is -0.737. The van der Waals surface area contributed by atoms with Crippen LogP contribution in [0.15, 0.2) is 0 Å². The van der Waals surface area contributed by atoms with Gasteiger partial charge in [0.2, 0.25) is 0 Å². The van der Waals surface area contributed by atoms with Gasteiger partial charge in [0.1, 0.15) is 6.79 Å². The molecule has 0 amide bonds. The van der Waals surface area contributed by atoms with Gasteiger partial charge in [0.25, 0.3) is 0 Å². The van der Waals surface area contributed by atoms with E-state index in [1.807, 2.05) is 6.92 Å². The molecule has 0 rings (SSSR count). The monoisotopic (exact) mass is 274 g/mol. The molecule has 116 valence electrons. The predicted molar refractivity (Wildman–Crippen MR) is 80.3 cm³/mol. The van der Waals surface area contributed by atoms with Crippen LogP contribution in [0, 0.1) is 0 Å². The van der Waals surface area contributed by atoms with Gasteiger partial charge in [0.15, 0.2) is 0 Å². The SMILES string of the molecule is CCCCCCC[C@@H](OCOC)[C@@](C)(O)CCCC. The average molecular weight is 274 g/mol. The smallest absolute Gasteiger partial charge is 0.146 e. The first-order valence-electron chi connectivity index (χ1n) is 7.91. The second-order valence-corrected chi connectivity index (χ2v) is 5.73. The first kappa shape index (κ1) is 18.9. The van der Waals surface area contributed by atoms with Crippen molar-refractivity contribution in [2.45, 2.75) is 90.3 Å². The molecule has 0 aliphatic carbocycles. The molecule has 3 heteroatoms. The lowest BCUT2D eigenvalue weighted by Crippen LogP contribution is -2.41. The van der Waals surface area contributed by atoms with E-state index in [0.29, 0.717) is 0 Å². The summed E-state index contributed by atoms with van der Waals surface area (Å²) in [6.45, 7) is 6.53. The lowest BCUT2D eigenvalue weighted by atomic mass is 9.89. The molecule has 0 aromatic heterocycles. The first-order chi connectivity index (χ1) is 9.08. The fraction of sp³-hybridized carbons (Fsp3) is 1.00. The van der Waals surface area contributed by atoms with Gasteiger partial charge in [-0.3, -0.25) is 0 Å². The van der Waals surface area contributed by atoms with Crippen LogP contribution >= 0.6 is 0 Å². The summed E-state index contributed by atoms with van der Waals surface area (Å²) in [4.78, 5) is 0. The molecule has 3 nitrogen and oxygen atoms in total. The van der Waals surface area contributed by atoms with E-state index in [1.54, 1.807) is 7.11 Å². The van der Waals surface area contributed by atoms with Gasteiger partial charge in [-0.25, -0.2) is 0 Å². The maximum absolute atomic E-state index is 10.6. The Hall–Kier alpha value is -0.120. The Morgan fingerprint density at radius 2 is 1.63 bits per heavy atom. The summed E-state index contributed by atoms with van der Waals surface area (Å²) in [7, 11) is 1.62. The van der Waals surface area contributed by atoms with E-state index in [4.69, 9.17) is 9.47 Å². The van der Waals surface area contributed by atoms with Gasteiger partial charge in [0, 0.05) is 7.11 Å². The van der Waals surface area contributed by atoms with E-state index in [0.717, 1.165) is 32.1 Å². The Morgan fingerprint density at radius 3 is 2.21 bits per heavy atom. The van der Waals surface area contributed by atoms with E-state index in [2.05, 4.69) is 13.8 Å². The van der Waals surface area contributed by atoms with E-state index in [-0.39, 0.29) is 12.9 Å². The van der Waals surface area contributed by atoms with Gasteiger partial charge in [-0.2, -0.15) is 0 Å². The molecule has 0 saturated heterocycles. The second-order valence-electron chi connectivity index (χ2n) is 5.73. The van der Waals surface area contributed by atoms with Gasteiger partial charge in [-0.05, 0) is 19.8 Å². The number of unbranched alkanes of at least 4 members (excludes halogenated alkanes) is 5. The van der Waals surface area contributed by atoms with Crippen LogP contribution in [0.4, 0.5) is 0 Å². The Labute approximate surface area is 119 Å². The summed E-state index contributed by atoms with van der Waals surface area (Å²) in [6, 6.07) is 0. The van der Waals surface area contributed by atoms with Crippen molar-refractivity contribution >= 4 is 0 Å². The molecule has 0 radical (unpaired) electrons. The summed E-state index contributed by atoms with van der Waals surface area (Å²) < 4.78 is 10.7. The van der Waals surface area contributed by atoms with Gasteiger partial charge in [-0.15, -0.1) is 0 Å². The van der Waals surface area contributed by atoms with Crippen molar-refractivity contribution in [2.75, 3.05) is 13.9 Å². The Morgan fingerprint density at radius 1 is 1.00 bits per heavy atom. The third kappa shape index (κ3) is 9.42. The van der Waals surface area contributed by atoms with Gasteiger partial charge in [0.05, 0.1) is 11.7 Å². The van der Waals surface area contributed by atoms with E-state index in [1.165, 1.54) is 25.7 Å². The van der Waals surface area contributed by atoms with Crippen molar-refractivity contribution in [1.29, 1.82) is 0 Å². The van der Waals surface area contributed by atoms with Crippen LogP contribution in [-0.4, -0.2) is 30.7 Å². The number of hydrogen-bond donors (Lipinski definition) is 1. The van der Waals surface area contributed by atoms with Crippen LogP contribution in [0.3, 0.4) is 0 Å². The fourth-order valence-electron chi connectivity index (χ4n) is 2.35. The van der Waals surface area contributed by atoms with Crippen LogP contribution in [0.25, 0.3) is 0 Å². The quantitative estimate of drug-likeness (QED) is 0.402. The number of hydrogen-bond acceptors (Lipinski definition) is 3. The van der Waals surface area contributed by atoms with Crippen LogP contribution in [0.2, 0.25) is 0 Å². The van der Waals surface area contributed by atoms with E-state index >= 15 is 0 Å². The molecule has 1 N–H and O–H groups in total. The molecule has 0 aromatic carbocycles. The van der Waals surface area contributed by atoms with Gasteiger partial charge >= 0.3 is 0 Å². The maximum atomic E-state index is 10.6. The molecular formula is C16H34O3. The minimum Gasteiger partial charge on any atom is -0.387 e. The van der Waals surface area contributed by atoms with Crippen LogP contribution in [0.1, 0.15) is 78.6 Å². The maximum Gasteiger partial charge on any atom is 0.146 e. The molecule has 0 saturated carbocycles. The summed E-state index contributed by atoms with van der Waals surface area (Å²) in [5.74, 6) is 0. The van der Waals surface area contributed by atoms with Crippen molar-refractivity contribution in [3.05, 3.63) is 0 Å². The van der Waals surface area contributed by atoms with E-state index < -0.39 is 5.60 Å².